The standard InChI is InChI=1S/C32H29N5O5/c1-6-28(38)35-25-17-27(42-5)26(14-19(25)4)36-37-29-23-13-8-7-10-20(23)15-24(30(29)39)32(41)34-22-12-9-11-21(16-22)33-31(40)18(2)3/h6-17,39H,1-2H2,3-5H3,(H,33,40)(H,34,41)(H,35,38). The number of carbonyl (C=O) groups is 3. The number of aryl methyl sites for hydroxylation is 1. The zero-order valence-electron chi connectivity index (χ0n) is 23.3. The van der Waals surface area contributed by atoms with Gasteiger partial charge in [0.1, 0.15) is 17.1 Å². The van der Waals surface area contributed by atoms with Crippen LogP contribution in [0.1, 0.15) is 22.8 Å². The van der Waals surface area contributed by atoms with Crippen molar-refractivity contribution in [2.75, 3.05) is 23.1 Å². The van der Waals surface area contributed by atoms with E-state index in [0.717, 1.165) is 6.08 Å². The number of aromatic hydroxyl groups is 1. The Morgan fingerprint density at radius 3 is 2.33 bits per heavy atom. The summed E-state index contributed by atoms with van der Waals surface area (Å²) < 4.78 is 5.45. The molecule has 0 atom stereocenters. The topological polar surface area (TPSA) is 141 Å². The van der Waals surface area contributed by atoms with Crippen LogP contribution >= 0.6 is 0 Å². The molecule has 42 heavy (non-hydrogen) atoms. The lowest BCUT2D eigenvalue weighted by atomic mass is 10.0. The number of nitrogens with zero attached hydrogens (tertiary/aromatic N) is 2. The normalized spacial score (nSPS) is 10.7. The lowest BCUT2D eigenvalue weighted by Gasteiger charge is -2.13. The minimum absolute atomic E-state index is 0.0235. The molecule has 0 aliphatic heterocycles. The minimum atomic E-state index is -0.589. The third-order valence-electron chi connectivity index (χ3n) is 6.23. The molecule has 0 spiro atoms. The van der Waals surface area contributed by atoms with E-state index in [-0.39, 0.29) is 28.8 Å². The number of benzene rings is 4. The van der Waals surface area contributed by atoms with Crippen molar-refractivity contribution in [1.29, 1.82) is 0 Å². The number of hydrogen-bond donors (Lipinski definition) is 4. The molecule has 0 bridgehead atoms. The van der Waals surface area contributed by atoms with Gasteiger partial charge < -0.3 is 25.8 Å². The molecule has 0 saturated heterocycles. The second kappa shape index (κ2) is 12.6. The van der Waals surface area contributed by atoms with Gasteiger partial charge in [0.25, 0.3) is 11.8 Å². The summed E-state index contributed by atoms with van der Waals surface area (Å²) in [5, 5.41) is 29.3. The number of nitrogens with one attached hydrogen (secondary N) is 3. The van der Waals surface area contributed by atoms with Gasteiger partial charge in [-0.05, 0) is 61.2 Å². The number of azo groups is 1. The van der Waals surface area contributed by atoms with Crippen LogP contribution < -0.4 is 20.7 Å². The Bertz CT molecular complexity index is 1780. The van der Waals surface area contributed by atoms with Crippen LogP contribution in [-0.2, 0) is 9.59 Å². The van der Waals surface area contributed by atoms with E-state index >= 15 is 0 Å². The number of carbonyl (C=O) groups excluding carboxylic acids is 3. The summed E-state index contributed by atoms with van der Waals surface area (Å²) in [5.74, 6) is -1.34. The van der Waals surface area contributed by atoms with E-state index in [9.17, 15) is 19.5 Å². The molecule has 0 heterocycles. The highest BCUT2D eigenvalue weighted by Gasteiger charge is 2.19. The molecular weight excluding hydrogens is 534 g/mol. The maximum absolute atomic E-state index is 13.3. The third kappa shape index (κ3) is 6.50. The molecule has 0 radical (unpaired) electrons. The Morgan fingerprint density at radius 2 is 1.64 bits per heavy atom. The van der Waals surface area contributed by atoms with Crippen molar-refractivity contribution in [1.82, 2.24) is 0 Å². The van der Waals surface area contributed by atoms with Crippen molar-refractivity contribution >= 4 is 56.9 Å². The molecule has 4 N–H and O–H groups in total. The Morgan fingerprint density at radius 1 is 0.929 bits per heavy atom. The fourth-order valence-electron chi connectivity index (χ4n) is 4.04. The Labute approximate surface area is 242 Å². The fourth-order valence-corrected chi connectivity index (χ4v) is 4.04. The van der Waals surface area contributed by atoms with E-state index in [2.05, 4.69) is 39.3 Å². The highest BCUT2D eigenvalue weighted by Crippen LogP contribution is 2.41. The van der Waals surface area contributed by atoms with E-state index in [1.54, 1.807) is 80.6 Å². The van der Waals surface area contributed by atoms with Crippen LogP contribution in [-0.4, -0.2) is 29.9 Å². The van der Waals surface area contributed by atoms with E-state index in [0.29, 0.717) is 50.4 Å². The van der Waals surface area contributed by atoms with E-state index in [4.69, 9.17) is 4.74 Å². The van der Waals surface area contributed by atoms with E-state index in [1.165, 1.54) is 7.11 Å². The first-order valence-corrected chi connectivity index (χ1v) is 12.8. The Balaban J connectivity index is 1.70. The van der Waals surface area contributed by atoms with Gasteiger partial charge in [-0.3, -0.25) is 14.4 Å². The van der Waals surface area contributed by atoms with Crippen molar-refractivity contribution in [2.45, 2.75) is 13.8 Å². The predicted molar refractivity (Wildman–Crippen MR) is 164 cm³/mol. The molecule has 4 aromatic carbocycles. The zero-order valence-corrected chi connectivity index (χ0v) is 23.3. The Kier molecular flexibility index (Phi) is 8.77. The molecule has 0 saturated carbocycles. The highest BCUT2D eigenvalue weighted by molar-refractivity contribution is 6.12. The zero-order chi connectivity index (χ0) is 30.4. The summed E-state index contributed by atoms with van der Waals surface area (Å²) in [5.41, 5.74) is 2.84. The number of amides is 3. The number of anilines is 3. The first-order chi connectivity index (χ1) is 20.1. The third-order valence-corrected chi connectivity index (χ3v) is 6.23. The minimum Gasteiger partial charge on any atom is -0.505 e. The monoisotopic (exact) mass is 563 g/mol. The lowest BCUT2D eigenvalue weighted by Crippen LogP contribution is -2.14. The largest absolute Gasteiger partial charge is 0.505 e. The quantitative estimate of drug-likeness (QED) is 0.126. The SMILES string of the molecule is C=CC(=O)Nc1cc(OC)c(N=Nc2c(O)c(C(=O)Nc3cccc(NC(=O)C(=C)C)c3)cc3ccccc23)cc1C. The van der Waals surface area contributed by atoms with Crippen LogP contribution in [0.25, 0.3) is 10.8 Å². The van der Waals surface area contributed by atoms with Crippen molar-refractivity contribution in [3.8, 4) is 11.5 Å². The maximum atomic E-state index is 13.3. The van der Waals surface area contributed by atoms with Crippen LogP contribution in [0.3, 0.4) is 0 Å². The molecule has 212 valence electrons. The van der Waals surface area contributed by atoms with Gasteiger partial charge in [-0.15, -0.1) is 10.2 Å². The number of fused-ring (bicyclic) bond motifs is 1. The summed E-state index contributed by atoms with van der Waals surface area (Å²) in [4.78, 5) is 37.1. The molecule has 0 fully saturated rings. The lowest BCUT2D eigenvalue weighted by molar-refractivity contribution is -0.113. The van der Waals surface area contributed by atoms with Gasteiger partial charge in [-0.2, -0.15) is 0 Å². The number of ether oxygens (including phenoxy) is 1. The summed E-state index contributed by atoms with van der Waals surface area (Å²) in [6.07, 6.45) is 1.16. The van der Waals surface area contributed by atoms with Gasteiger partial charge in [0.15, 0.2) is 5.75 Å². The molecule has 4 rings (SSSR count). The highest BCUT2D eigenvalue weighted by atomic mass is 16.5. The summed E-state index contributed by atoms with van der Waals surface area (Å²) in [6, 6.07) is 18.6. The van der Waals surface area contributed by atoms with Gasteiger partial charge >= 0.3 is 0 Å². The molecule has 0 aliphatic rings. The van der Waals surface area contributed by atoms with Crippen molar-refractivity contribution in [3.05, 3.63) is 103 Å². The number of phenols is 1. The molecule has 10 nitrogen and oxygen atoms in total. The van der Waals surface area contributed by atoms with Gasteiger partial charge in [0.05, 0.1) is 12.7 Å². The van der Waals surface area contributed by atoms with Crippen LogP contribution in [0.5, 0.6) is 11.5 Å². The van der Waals surface area contributed by atoms with Gasteiger partial charge in [-0.25, -0.2) is 0 Å². The summed E-state index contributed by atoms with van der Waals surface area (Å²) in [7, 11) is 1.46. The number of rotatable bonds is 9. The number of methoxy groups -OCH3 is 1. The maximum Gasteiger partial charge on any atom is 0.259 e. The second-order valence-corrected chi connectivity index (χ2v) is 9.34. The molecular formula is C32H29N5O5. The van der Waals surface area contributed by atoms with Crippen molar-refractivity contribution < 1.29 is 24.2 Å². The van der Waals surface area contributed by atoms with Gasteiger partial charge in [0, 0.05) is 34.1 Å². The van der Waals surface area contributed by atoms with Crippen molar-refractivity contribution in [2.24, 2.45) is 10.2 Å². The van der Waals surface area contributed by atoms with Gasteiger partial charge in [0.2, 0.25) is 5.91 Å². The van der Waals surface area contributed by atoms with Crippen LogP contribution in [0.15, 0.2) is 102 Å². The predicted octanol–water partition coefficient (Wildman–Crippen LogP) is 7.17. The number of phenolic OH excluding ortho intramolecular Hbond substituents is 1. The number of hydrogen-bond acceptors (Lipinski definition) is 7. The molecule has 3 amide bonds. The smallest absolute Gasteiger partial charge is 0.259 e. The fraction of sp³-hybridized carbons (Fsp3) is 0.0938. The van der Waals surface area contributed by atoms with Crippen LogP contribution in [0, 0.1) is 6.92 Å². The van der Waals surface area contributed by atoms with Crippen molar-refractivity contribution in [3.63, 3.8) is 0 Å². The molecule has 0 unspecified atom stereocenters. The van der Waals surface area contributed by atoms with Crippen LogP contribution in [0.2, 0.25) is 0 Å². The molecule has 0 aliphatic carbocycles. The van der Waals surface area contributed by atoms with Gasteiger partial charge in [-0.1, -0.05) is 43.5 Å². The molecule has 10 heteroatoms. The van der Waals surface area contributed by atoms with E-state index in [1.807, 2.05) is 0 Å². The molecule has 4 aromatic rings. The Hall–Kier alpha value is -5.77. The van der Waals surface area contributed by atoms with E-state index < -0.39 is 5.91 Å². The second-order valence-electron chi connectivity index (χ2n) is 9.34. The first kappa shape index (κ1) is 29.2. The molecule has 0 aromatic heterocycles. The average molecular weight is 564 g/mol. The summed E-state index contributed by atoms with van der Waals surface area (Å²) >= 11 is 0. The first-order valence-electron chi connectivity index (χ1n) is 12.8. The van der Waals surface area contributed by atoms with Crippen LogP contribution in [0.4, 0.5) is 28.4 Å². The summed E-state index contributed by atoms with van der Waals surface area (Å²) in [6.45, 7) is 10.5. The average Bonchev–Trinajstić information content (AvgIpc) is 2.97.